The summed E-state index contributed by atoms with van der Waals surface area (Å²) in [5, 5.41) is 13.7. The first-order valence-corrected chi connectivity index (χ1v) is 7.14. The number of carbonyl (C=O) groups is 2. The molecule has 0 bridgehead atoms. The summed E-state index contributed by atoms with van der Waals surface area (Å²) in [6.07, 6.45) is 3.19. The standard InChI is InChI=1S/C14H21N3O3/c1-3-9-16-12(18)6-5-10(14(19)20)13(16)11-7-8-15-17(11)4-2/h7-8,10,13H,3-6,9H2,1-2H3,(H,19,20). The van der Waals surface area contributed by atoms with Crippen LogP contribution in [0.4, 0.5) is 0 Å². The van der Waals surface area contributed by atoms with Crippen molar-refractivity contribution in [1.29, 1.82) is 0 Å². The van der Waals surface area contributed by atoms with Crippen molar-refractivity contribution < 1.29 is 14.7 Å². The highest BCUT2D eigenvalue weighted by Gasteiger charge is 2.41. The Morgan fingerprint density at radius 2 is 2.25 bits per heavy atom. The highest BCUT2D eigenvalue weighted by atomic mass is 16.4. The van der Waals surface area contributed by atoms with Gasteiger partial charge in [-0.25, -0.2) is 0 Å². The molecule has 1 N–H and O–H groups in total. The van der Waals surface area contributed by atoms with Crippen molar-refractivity contribution in [2.24, 2.45) is 5.92 Å². The number of amides is 1. The van der Waals surface area contributed by atoms with Crippen LogP contribution < -0.4 is 0 Å². The molecule has 0 radical (unpaired) electrons. The molecule has 20 heavy (non-hydrogen) atoms. The van der Waals surface area contributed by atoms with Gasteiger partial charge in [0, 0.05) is 25.7 Å². The first-order valence-electron chi connectivity index (χ1n) is 7.14. The quantitative estimate of drug-likeness (QED) is 0.889. The van der Waals surface area contributed by atoms with Crippen LogP contribution in [0.3, 0.4) is 0 Å². The highest BCUT2D eigenvalue weighted by molar-refractivity contribution is 5.81. The predicted octanol–water partition coefficient (Wildman–Crippen LogP) is 1.68. The van der Waals surface area contributed by atoms with Gasteiger partial charge in [0.05, 0.1) is 17.7 Å². The van der Waals surface area contributed by atoms with E-state index >= 15 is 0 Å². The molecule has 2 atom stereocenters. The smallest absolute Gasteiger partial charge is 0.309 e. The van der Waals surface area contributed by atoms with E-state index in [1.54, 1.807) is 15.8 Å². The number of likely N-dealkylation sites (tertiary alicyclic amines) is 1. The van der Waals surface area contributed by atoms with Gasteiger partial charge < -0.3 is 10.0 Å². The number of nitrogens with zero attached hydrogens (tertiary/aromatic N) is 3. The third kappa shape index (κ3) is 2.55. The molecule has 1 aromatic heterocycles. The van der Waals surface area contributed by atoms with Gasteiger partial charge in [-0.15, -0.1) is 0 Å². The zero-order valence-electron chi connectivity index (χ0n) is 12.0. The van der Waals surface area contributed by atoms with Gasteiger partial charge in [-0.05, 0) is 25.8 Å². The Kier molecular flexibility index (Phi) is 4.42. The first kappa shape index (κ1) is 14.6. The number of aliphatic carboxylic acids is 1. The van der Waals surface area contributed by atoms with E-state index in [0.29, 0.717) is 25.9 Å². The molecule has 1 fully saturated rings. The van der Waals surface area contributed by atoms with E-state index in [1.807, 2.05) is 19.9 Å². The van der Waals surface area contributed by atoms with Crippen LogP contribution in [0.2, 0.25) is 0 Å². The normalized spacial score (nSPS) is 23.1. The van der Waals surface area contributed by atoms with Gasteiger partial charge >= 0.3 is 5.97 Å². The summed E-state index contributed by atoms with van der Waals surface area (Å²) >= 11 is 0. The average molecular weight is 279 g/mol. The summed E-state index contributed by atoms with van der Waals surface area (Å²) in [7, 11) is 0. The fourth-order valence-corrected chi connectivity index (χ4v) is 2.94. The summed E-state index contributed by atoms with van der Waals surface area (Å²) in [5.74, 6) is -1.35. The van der Waals surface area contributed by atoms with Crippen LogP contribution >= 0.6 is 0 Å². The zero-order chi connectivity index (χ0) is 14.7. The Morgan fingerprint density at radius 3 is 2.85 bits per heavy atom. The number of hydrogen-bond donors (Lipinski definition) is 1. The minimum absolute atomic E-state index is 0.0400. The van der Waals surface area contributed by atoms with Crippen LogP contribution in [0.5, 0.6) is 0 Å². The molecule has 0 saturated carbocycles. The molecule has 110 valence electrons. The maximum atomic E-state index is 12.2. The molecule has 0 aromatic carbocycles. The molecule has 1 aromatic rings. The van der Waals surface area contributed by atoms with Gasteiger partial charge in [-0.1, -0.05) is 6.92 Å². The van der Waals surface area contributed by atoms with Gasteiger partial charge in [0.25, 0.3) is 0 Å². The number of piperidine rings is 1. The van der Waals surface area contributed by atoms with Crippen molar-refractivity contribution >= 4 is 11.9 Å². The topological polar surface area (TPSA) is 75.4 Å². The van der Waals surface area contributed by atoms with E-state index in [9.17, 15) is 14.7 Å². The fourth-order valence-electron chi connectivity index (χ4n) is 2.94. The molecule has 2 rings (SSSR count). The second-order valence-electron chi connectivity index (χ2n) is 5.09. The van der Waals surface area contributed by atoms with Gasteiger partial charge in [0.1, 0.15) is 0 Å². The largest absolute Gasteiger partial charge is 0.481 e. The maximum Gasteiger partial charge on any atom is 0.309 e. The highest BCUT2D eigenvalue weighted by Crippen LogP contribution is 2.36. The van der Waals surface area contributed by atoms with Crippen molar-refractivity contribution in [1.82, 2.24) is 14.7 Å². The minimum atomic E-state index is -0.840. The Labute approximate surface area is 118 Å². The Hall–Kier alpha value is -1.85. The zero-order valence-corrected chi connectivity index (χ0v) is 12.0. The number of aromatic nitrogens is 2. The second-order valence-corrected chi connectivity index (χ2v) is 5.09. The second kappa shape index (κ2) is 6.07. The maximum absolute atomic E-state index is 12.2. The lowest BCUT2D eigenvalue weighted by Gasteiger charge is -2.39. The lowest BCUT2D eigenvalue weighted by Crippen LogP contribution is -2.46. The van der Waals surface area contributed by atoms with Crippen LogP contribution in [0.25, 0.3) is 0 Å². The molecule has 1 aliphatic heterocycles. The number of aryl methyl sites for hydroxylation is 1. The number of carboxylic acids is 1. The van der Waals surface area contributed by atoms with E-state index in [4.69, 9.17) is 0 Å². The van der Waals surface area contributed by atoms with Crippen LogP contribution in [0, 0.1) is 5.92 Å². The first-order chi connectivity index (χ1) is 9.60. The van der Waals surface area contributed by atoms with E-state index in [0.717, 1.165) is 12.1 Å². The summed E-state index contributed by atoms with van der Waals surface area (Å²) in [6, 6.07) is 1.42. The van der Waals surface area contributed by atoms with Crippen molar-refractivity contribution in [3.63, 3.8) is 0 Å². The Balaban J connectivity index is 2.43. The minimum Gasteiger partial charge on any atom is -0.481 e. The summed E-state index contributed by atoms with van der Waals surface area (Å²) in [4.78, 5) is 25.4. The van der Waals surface area contributed by atoms with Gasteiger partial charge in [0.2, 0.25) is 5.91 Å². The molecule has 1 aliphatic rings. The van der Waals surface area contributed by atoms with E-state index < -0.39 is 17.9 Å². The number of rotatable bonds is 5. The molecule has 0 spiro atoms. The van der Waals surface area contributed by atoms with Crippen molar-refractivity contribution in [2.75, 3.05) is 6.54 Å². The molecule has 2 heterocycles. The average Bonchev–Trinajstić information content (AvgIpc) is 2.88. The van der Waals surface area contributed by atoms with Crippen molar-refractivity contribution in [2.45, 2.75) is 45.7 Å². The van der Waals surface area contributed by atoms with Gasteiger partial charge in [-0.2, -0.15) is 5.10 Å². The third-order valence-electron chi connectivity index (χ3n) is 3.84. The number of carbonyl (C=O) groups excluding carboxylic acids is 1. The molecule has 1 saturated heterocycles. The molecule has 6 nitrogen and oxygen atoms in total. The number of hydrogen-bond acceptors (Lipinski definition) is 3. The molecule has 1 amide bonds. The van der Waals surface area contributed by atoms with E-state index in [1.165, 1.54) is 0 Å². The van der Waals surface area contributed by atoms with Crippen LogP contribution in [0.15, 0.2) is 12.3 Å². The molecule has 6 heteroatoms. The Morgan fingerprint density at radius 1 is 1.50 bits per heavy atom. The summed E-state index contributed by atoms with van der Waals surface area (Å²) < 4.78 is 1.78. The van der Waals surface area contributed by atoms with Crippen molar-refractivity contribution in [3.8, 4) is 0 Å². The lowest BCUT2D eigenvalue weighted by atomic mass is 9.86. The molecular weight excluding hydrogens is 258 g/mol. The third-order valence-corrected chi connectivity index (χ3v) is 3.84. The SMILES string of the molecule is CCCN1C(=O)CCC(C(=O)O)C1c1ccnn1CC. The Bertz CT molecular complexity index is 498. The summed E-state index contributed by atoms with van der Waals surface area (Å²) in [6.45, 7) is 5.20. The van der Waals surface area contributed by atoms with Gasteiger partial charge in [0.15, 0.2) is 0 Å². The monoisotopic (exact) mass is 279 g/mol. The summed E-state index contributed by atoms with van der Waals surface area (Å²) in [5.41, 5.74) is 0.821. The fraction of sp³-hybridized carbons (Fsp3) is 0.643. The van der Waals surface area contributed by atoms with E-state index in [-0.39, 0.29) is 5.91 Å². The van der Waals surface area contributed by atoms with Crippen molar-refractivity contribution in [3.05, 3.63) is 18.0 Å². The molecule has 0 aliphatic carbocycles. The molecule has 2 unspecified atom stereocenters. The predicted molar refractivity (Wildman–Crippen MR) is 73.0 cm³/mol. The van der Waals surface area contributed by atoms with Crippen LogP contribution in [-0.2, 0) is 16.1 Å². The van der Waals surface area contributed by atoms with E-state index in [2.05, 4.69) is 5.10 Å². The van der Waals surface area contributed by atoms with Crippen LogP contribution in [-0.4, -0.2) is 38.2 Å². The van der Waals surface area contributed by atoms with Gasteiger partial charge in [-0.3, -0.25) is 14.3 Å². The van der Waals surface area contributed by atoms with Crippen LogP contribution in [0.1, 0.15) is 44.8 Å². The lowest BCUT2D eigenvalue weighted by molar-refractivity contribution is -0.152. The number of carboxylic acid groups (broad SMARTS) is 1. The molecular formula is C14H21N3O3.